The van der Waals surface area contributed by atoms with Gasteiger partial charge in [-0.05, 0) is 53.4 Å². The second-order valence-corrected chi connectivity index (χ2v) is 19.3. The number of nitrogens with zero attached hydrogens (tertiary/aromatic N) is 2. The SMILES string of the molecule is CC12OC1CC1C(C(=O)N3CCN(CCO)CC3)=COCC12.COC(=O)C1=COC(O)C2C(C)=CCC12.COC(=O)C1=COCC2C(C)=CCC12.COC(=O)C1=COCC2C1CC1OC12C.[Ac]. The van der Waals surface area contributed by atoms with Crippen LogP contribution in [0.4, 0.5) is 0 Å². The van der Waals surface area contributed by atoms with Crippen molar-refractivity contribution in [3.8, 4) is 0 Å². The minimum atomic E-state index is -0.845. The van der Waals surface area contributed by atoms with Crippen LogP contribution in [0.15, 0.2) is 70.6 Å². The van der Waals surface area contributed by atoms with Crippen LogP contribution in [-0.4, -0.2) is 154 Å². The van der Waals surface area contributed by atoms with Gasteiger partial charge in [0.05, 0.1) is 119 Å². The summed E-state index contributed by atoms with van der Waals surface area (Å²) < 4.78 is 46.8. The predicted octanol–water partition coefficient (Wildman–Crippen LogP) is 3.33. The number of hydrogen-bond donors (Lipinski definition) is 2. The van der Waals surface area contributed by atoms with Gasteiger partial charge in [0.15, 0.2) is 0 Å². The number of ether oxygens (including phenoxy) is 9. The molecule has 2 N–H and O–H groups in total. The molecule has 7 heterocycles. The molecule has 3 saturated heterocycles. The average molecular weight is 1150 g/mol. The quantitative estimate of drug-likeness (QED) is 0.170. The number of fused-ring (bicyclic) bond motifs is 8. The molecular weight excluding hydrogens is 1080 g/mol. The van der Waals surface area contributed by atoms with Crippen LogP contribution in [0.1, 0.15) is 53.4 Å². The average Bonchev–Trinajstić information content (AvgIpc) is 3.87. The Morgan fingerprint density at radius 1 is 0.657 bits per heavy atom. The van der Waals surface area contributed by atoms with Crippen LogP contribution in [0.25, 0.3) is 0 Å². The molecule has 0 aromatic carbocycles. The molecule has 18 heteroatoms. The minimum absolute atomic E-state index is 0. The van der Waals surface area contributed by atoms with Crippen molar-refractivity contribution in [3.05, 3.63) is 70.6 Å². The molecule has 11 rings (SSSR count). The molecule has 1 radical (unpaired) electrons. The number of rotatable bonds is 6. The first kappa shape index (κ1) is 51.6. The Hall–Kier alpha value is -3.24. The van der Waals surface area contributed by atoms with Gasteiger partial charge in [0.25, 0.3) is 5.91 Å². The first-order chi connectivity index (χ1) is 31.7. The van der Waals surface area contributed by atoms with Crippen molar-refractivity contribution in [3.63, 3.8) is 0 Å². The van der Waals surface area contributed by atoms with Crippen LogP contribution in [-0.2, 0) is 61.8 Å². The van der Waals surface area contributed by atoms with Gasteiger partial charge in [0.1, 0.15) is 0 Å². The molecule has 0 aromatic rings. The summed E-state index contributed by atoms with van der Waals surface area (Å²) in [5.41, 5.74) is 4.97. The fourth-order valence-corrected chi connectivity index (χ4v) is 11.8. The molecule has 17 nitrogen and oxygen atoms in total. The number of aliphatic hydroxyl groups excluding tert-OH is 2. The van der Waals surface area contributed by atoms with Crippen molar-refractivity contribution >= 4 is 23.8 Å². The van der Waals surface area contributed by atoms with Gasteiger partial charge in [0.2, 0.25) is 6.29 Å². The standard InChI is InChI=1S/C16H24N2O4.2C11H14O4.C11H14O3.Ac/c1-16-13-10-21-9-12(11(13)8-14(16)22-16)15(20)18-4-2-17(3-5-18)6-7-19;1-11-8-5-14-4-7(10(12)13-2)6(8)3-9(11)15-11;1-6-3-4-7-8(10(12)14-2)5-15-11(13)9(6)7;1-7-3-4-8-9(7)5-14-6-10(8)11(12)13-2;/h9,11,13-14,19H,2-8,10H2,1H3;4,6,8-9H,3,5H2,1-2H3;3,5,7,9,11,13H,4H2,1-2H3;3,6,8-9H,4-5H2,1-2H3;. The number of esters is 3. The molecule has 0 spiro atoms. The fourth-order valence-electron chi connectivity index (χ4n) is 11.8. The van der Waals surface area contributed by atoms with E-state index in [1.165, 1.54) is 33.2 Å². The third kappa shape index (κ3) is 10.2. The normalized spacial score (nSPS) is 37.4. The molecule has 4 aliphatic carbocycles. The summed E-state index contributed by atoms with van der Waals surface area (Å²) in [4.78, 5) is 51.4. The van der Waals surface area contributed by atoms with Gasteiger partial charge in [0, 0.05) is 124 Å². The summed E-state index contributed by atoms with van der Waals surface area (Å²) in [7, 11) is 4.15. The number of carbonyl (C=O) groups is 4. The summed E-state index contributed by atoms with van der Waals surface area (Å²) in [5, 5.41) is 18.7. The van der Waals surface area contributed by atoms with E-state index in [1.807, 2.05) is 17.9 Å². The van der Waals surface area contributed by atoms with E-state index in [0.29, 0.717) is 79.0 Å². The van der Waals surface area contributed by atoms with E-state index in [0.717, 1.165) is 63.0 Å². The zero-order valence-corrected chi connectivity index (χ0v) is 44.4. The topological polar surface area (TPSA) is 205 Å². The van der Waals surface area contributed by atoms with E-state index in [-0.39, 0.29) is 109 Å². The number of aliphatic hydroxyl groups is 2. The molecule has 0 bridgehead atoms. The molecule has 1 amide bonds. The molecule has 11 aliphatic rings. The first-order valence-electron chi connectivity index (χ1n) is 23.2. The molecule has 13 unspecified atom stereocenters. The molecule has 5 fully saturated rings. The number of allylic oxidation sites excluding steroid dienone is 2. The van der Waals surface area contributed by atoms with Gasteiger partial charge in [-0.25, -0.2) is 14.4 Å². The molecule has 2 saturated carbocycles. The molecule has 7 aliphatic heterocycles. The Morgan fingerprint density at radius 3 is 1.69 bits per heavy atom. The Kier molecular flexibility index (Phi) is 16.5. The number of β-amino-alcohol motifs (C(OH)–C–C–N with tert-alkyl or cyclic N) is 1. The summed E-state index contributed by atoms with van der Waals surface area (Å²) in [6, 6.07) is 0. The second kappa shape index (κ2) is 21.4. The number of hydrogen-bond acceptors (Lipinski definition) is 16. The van der Waals surface area contributed by atoms with Gasteiger partial charge in [-0.1, -0.05) is 23.3 Å². The van der Waals surface area contributed by atoms with Crippen molar-refractivity contribution in [2.45, 2.75) is 83.1 Å². The van der Waals surface area contributed by atoms with E-state index >= 15 is 0 Å². The van der Waals surface area contributed by atoms with E-state index in [9.17, 15) is 24.3 Å². The van der Waals surface area contributed by atoms with E-state index in [1.54, 1.807) is 18.8 Å². The molecule has 0 aromatic heterocycles. The van der Waals surface area contributed by atoms with Crippen molar-refractivity contribution in [2.24, 2.45) is 47.3 Å². The Morgan fingerprint density at radius 2 is 1.13 bits per heavy atom. The smallest absolute Gasteiger partial charge is 0.337 e. The van der Waals surface area contributed by atoms with Crippen molar-refractivity contribution in [1.82, 2.24) is 9.80 Å². The molecule has 13 atom stereocenters. The van der Waals surface area contributed by atoms with Crippen LogP contribution >= 0.6 is 0 Å². The van der Waals surface area contributed by atoms with Gasteiger partial charge >= 0.3 is 17.9 Å². The van der Waals surface area contributed by atoms with Gasteiger partial charge < -0.3 is 57.7 Å². The van der Waals surface area contributed by atoms with Crippen LogP contribution in [0.3, 0.4) is 0 Å². The summed E-state index contributed by atoms with van der Waals surface area (Å²) in [6.07, 6.45) is 13.7. The summed E-state index contributed by atoms with van der Waals surface area (Å²) in [5.74, 6) is 0.936. The number of carbonyl (C=O) groups excluding carboxylic acids is 4. The fraction of sp³-hybridized carbons (Fsp3) is 0.673. The largest absolute Gasteiger partial charge is 0.500 e. The van der Waals surface area contributed by atoms with Crippen LogP contribution in [0.2, 0.25) is 0 Å². The zero-order valence-electron chi connectivity index (χ0n) is 39.7. The van der Waals surface area contributed by atoms with Gasteiger partial charge in [-0.2, -0.15) is 0 Å². The van der Waals surface area contributed by atoms with E-state index in [2.05, 4.69) is 36.5 Å². The number of piperazine rings is 1. The monoisotopic (exact) mass is 1150 g/mol. The van der Waals surface area contributed by atoms with Crippen LogP contribution in [0, 0.1) is 91.4 Å². The number of amides is 1. The molecule has 365 valence electrons. The third-order valence-electron chi connectivity index (χ3n) is 16.0. The maximum Gasteiger partial charge on any atom is 0.337 e. The van der Waals surface area contributed by atoms with E-state index in [4.69, 9.17) is 43.0 Å². The number of methoxy groups -OCH3 is 3. The third-order valence-corrected chi connectivity index (χ3v) is 16.0. The van der Waals surface area contributed by atoms with Gasteiger partial charge in [-0.3, -0.25) is 9.69 Å². The summed E-state index contributed by atoms with van der Waals surface area (Å²) >= 11 is 0. The Bertz CT molecular complexity index is 2090. The van der Waals surface area contributed by atoms with E-state index < -0.39 is 6.29 Å². The van der Waals surface area contributed by atoms with Gasteiger partial charge in [-0.15, -0.1) is 0 Å². The maximum atomic E-state index is 12.9. The maximum absolute atomic E-state index is 12.9. The predicted molar refractivity (Wildman–Crippen MR) is 234 cm³/mol. The molecule has 67 heavy (non-hydrogen) atoms. The van der Waals surface area contributed by atoms with Crippen molar-refractivity contribution in [1.29, 1.82) is 0 Å². The second-order valence-electron chi connectivity index (χ2n) is 19.3. The first-order valence-corrected chi connectivity index (χ1v) is 23.2. The number of epoxide rings is 2. The Labute approximate surface area is 428 Å². The van der Waals surface area contributed by atoms with Crippen molar-refractivity contribution in [2.75, 3.05) is 80.5 Å². The Balaban J connectivity index is 0.000000134. The van der Waals surface area contributed by atoms with Crippen LogP contribution < -0.4 is 0 Å². The molecular formula is C49H66AcN2O15. The minimum Gasteiger partial charge on any atom is -0.500 e. The zero-order chi connectivity index (χ0) is 47.1. The van der Waals surface area contributed by atoms with Crippen LogP contribution in [0.5, 0.6) is 0 Å². The summed E-state index contributed by atoms with van der Waals surface area (Å²) in [6.45, 7) is 14.3. The van der Waals surface area contributed by atoms with Crippen molar-refractivity contribution < 1.29 is 116 Å².